The number of fused-ring (bicyclic) bond motifs is 4. The molecule has 5 heterocycles. The monoisotopic (exact) mass is 559 g/mol. The number of rotatable bonds is 4. The molecule has 3 aliphatic heterocycles. The van der Waals surface area contributed by atoms with Crippen molar-refractivity contribution in [2.24, 2.45) is 5.41 Å². The number of anilines is 2. The summed E-state index contributed by atoms with van der Waals surface area (Å²) in [5.41, 5.74) is 4.43. The molecule has 2 aromatic carbocycles. The number of hydrogen-bond acceptors (Lipinski definition) is 5. The van der Waals surface area contributed by atoms with Crippen molar-refractivity contribution >= 4 is 43.7 Å². The number of piperazine rings is 2. The highest BCUT2D eigenvalue weighted by atomic mass is 32.1. The number of nitrogens with one attached hydrogen (secondary N) is 3. The van der Waals surface area contributed by atoms with E-state index in [0.29, 0.717) is 23.5 Å². The maximum absolute atomic E-state index is 3.56. The first-order valence-corrected chi connectivity index (χ1v) is 16.3. The van der Waals surface area contributed by atoms with Crippen LogP contribution in [0.1, 0.15) is 60.3 Å². The summed E-state index contributed by atoms with van der Waals surface area (Å²) in [5, 5.41) is 12.0. The van der Waals surface area contributed by atoms with Gasteiger partial charge in [0, 0.05) is 84.0 Å². The Morgan fingerprint density at radius 1 is 0.850 bits per heavy atom. The zero-order valence-corrected chi connectivity index (χ0v) is 26.0. The first kappa shape index (κ1) is 29.0. The Balaban J connectivity index is 0.000000154. The maximum Gasteiger partial charge on any atom is 0.0455 e. The largest absolute Gasteiger partial charge is 0.366 e. The van der Waals surface area contributed by atoms with Crippen molar-refractivity contribution in [2.75, 3.05) is 42.5 Å². The van der Waals surface area contributed by atoms with E-state index >= 15 is 0 Å². The molecular weight excluding hydrogens is 510 g/mol. The third-order valence-corrected chi connectivity index (χ3v) is 9.46. The van der Waals surface area contributed by atoms with Gasteiger partial charge < -0.3 is 25.4 Å². The van der Waals surface area contributed by atoms with Gasteiger partial charge in [-0.15, -0.1) is 11.3 Å². The minimum atomic E-state index is 0.417. The molecule has 3 saturated heterocycles. The first-order chi connectivity index (χ1) is 19.4. The number of H-pyrrole nitrogens is 1. The quantitative estimate of drug-likeness (QED) is 0.240. The minimum absolute atomic E-state index is 0.417. The van der Waals surface area contributed by atoms with Gasteiger partial charge in [0.25, 0.3) is 0 Å². The number of nitrogens with zero attached hydrogens (tertiary/aromatic N) is 2. The molecule has 2 aromatic heterocycles. The SMILES string of the molecule is CC.CC(C)(C)CCC1CNCCN1c1ccc2sccc2c1.c1cc2cc(N3C4CC[C@@H]3CNC4)ccc2[nH]1. The van der Waals surface area contributed by atoms with E-state index in [9.17, 15) is 0 Å². The van der Waals surface area contributed by atoms with E-state index in [1.165, 1.54) is 58.0 Å². The van der Waals surface area contributed by atoms with E-state index in [2.05, 4.69) is 100 Å². The van der Waals surface area contributed by atoms with Crippen molar-refractivity contribution in [3.05, 3.63) is 60.1 Å². The van der Waals surface area contributed by atoms with Crippen LogP contribution in [0, 0.1) is 5.41 Å². The number of hydrogen-bond donors (Lipinski definition) is 3. The Morgan fingerprint density at radius 2 is 1.60 bits per heavy atom. The summed E-state index contributed by atoms with van der Waals surface area (Å²) in [6, 6.07) is 20.1. The number of aromatic amines is 1. The van der Waals surface area contributed by atoms with Gasteiger partial charge in [-0.05, 0) is 90.4 Å². The molecule has 3 atom stereocenters. The summed E-state index contributed by atoms with van der Waals surface area (Å²) in [6.07, 6.45) is 7.22. The van der Waals surface area contributed by atoms with Crippen molar-refractivity contribution in [2.45, 2.75) is 78.4 Å². The highest BCUT2D eigenvalue weighted by Crippen LogP contribution is 2.34. The zero-order valence-electron chi connectivity index (χ0n) is 25.2. The molecule has 4 aromatic rings. The zero-order chi connectivity index (χ0) is 28.1. The maximum atomic E-state index is 3.56. The Bertz CT molecular complexity index is 1340. The van der Waals surface area contributed by atoms with Gasteiger partial charge in [0.2, 0.25) is 0 Å². The van der Waals surface area contributed by atoms with Gasteiger partial charge in [-0.1, -0.05) is 34.6 Å². The van der Waals surface area contributed by atoms with Crippen LogP contribution in [0.5, 0.6) is 0 Å². The number of benzene rings is 2. The predicted octanol–water partition coefficient (Wildman–Crippen LogP) is 7.64. The summed E-state index contributed by atoms with van der Waals surface area (Å²) in [6.45, 7) is 16.6. The van der Waals surface area contributed by atoms with Gasteiger partial charge in [0.1, 0.15) is 0 Å². The van der Waals surface area contributed by atoms with Gasteiger partial charge in [-0.25, -0.2) is 0 Å². The Morgan fingerprint density at radius 3 is 2.38 bits per heavy atom. The van der Waals surface area contributed by atoms with Crippen molar-refractivity contribution in [1.82, 2.24) is 15.6 Å². The van der Waals surface area contributed by atoms with Crippen molar-refractivity contribution in [3.63, 3.8) is 0 Å². The van der Waals surface area contributed by atoms with E-state index in [1.54, 1.807) is 0 Å². The van der Waals surface area contributed by atoms with Crippen molar-refractivity contribution < 1.29 is 0 Å². The molecule has 0 saturated carbocycles. The fourth-order valence-electron chi connectivity index (χ4n) is 6.49. The third-order valence-electron chi connectivity index (χ3n) is 8.56. The molecular formula is C34H49N5S. The van der Waals surface area contributed by atoms with Gasteiger partial charge in [-0.2, -0.15) is 0 Å². The van der Waals surface area contributed by atoms with Crippen LogP contribution in [0.15, 0.2) is 60.1 Å². The molecule has 0 spiro atoms. The molecule has 0 aliphatic carbocycles. The Kier molecular flexibility index (Phi) is 9.39. The van der Waals surface area contributed by atoms with Gasteiger partial charge in [0.05, 0.1) is 0 Å². The highest BCUT2D eigenvalue weighted by Gasteiger charge is 2.36. The van der Waals surface area contributed by atoms with E-state index in [4.69, 9.17) is 0 Å². The van der Waals surface area contributed by atoms with E-state index < -0.39 is 0 Å². The van der Waals surface area contributed by atoms with Gasteiger partial charge in [-0.3, -0.25) is 0 Å². The second-order valence-electron chi connectivity index (χ2n) is 12.5. The van der Waals surface area contributed by atoms with Crippen LogP contribution >= 0.6 is 11.3 Å². The smallest absolute Gasteiger partial charge is 0.0455 e. The molecule has 216 valence electrons. The summed E-state index contributed by atoms with van der Waals surface area (Å²) >= 11 is 1.83. The average Bonchev–Trinajstić information content (AvgIpc) is 3.70. The predicted molar refractivity (Wildman–Crippen MR) is 176 cm³/mol. The second-order valence-corrected chi connectivity index (χ2v) is 13.4. The lowest BCUT2D eigenvalue weighted by molar-refractivity contribution is 0.329. The van der Waals surface area contributed by atoms with Crippen LogP contribution in [-0.4, -0.2) is 55.8 Å². The van der Waals surface area contributed by atoms with E-state index in [0.717, 1.165) is 32.7 Å². The minimum Gasteiger partial charge on any atom is -0.366 e. The van der Waals surface area contributed by atoms with Crippen LogP contribution in [0.25, 0.3) is 21.0 Å². The first-order valence-electron chi connectivity index (χ1n) is 15.5. The fraction of sp³-hybridized carbons (Fsp3) is 0.529. The van der Waals surface area contributed by atoms with E-state index in [1.807, 2.05) is 31.4 Å². The topological polar surface area (TPSA) is 46.3 Å². The van der Waals surface area contributed by atoms with Crippen LogP contribution in [-0.2, 0) is 0 Å². The molecule has 2 bridgehead atoms. The second kappa shape index (κ2) is 13.0. The Labute approximate surface area is 245 Å². The van der Waals surface area contributed by atoms with Crippen LogP contribution in [0.4, 0.5) is 11.4 Å². The molecule has 0 radical (unpaired) electrons. The normalized spacial score (nSPS) is 22.6. The van der Waals surface area contributed by atoms with Crippen LogP contribution < -0.4 is 20.4 Å². The summed E-state index contributed by atoms with van der Waals surface area (Å²) in [5.74, 6) is 0. The Hall–Kier alpha value is -2.54. The average molecular weight is 560 g/mol. The molecule has 3 aliphatic rings. The summed E-state index contributed by atoms with van der Waals surface area (Å²) in [4.78, 5) is 8.50. The molecule has 3 N–H and O–H groups in total. The molecule has 40 heavy (non-hydrogen) atoms. The van der Waals surface area contributed by atoms with Crippen molar-refractivity contribution in [1.29, 1.82) is 0 Å². The van der Waals surface area contributed by atoms with Gasteiger partial charge in [0.15, 0.2) is 0 Å². The molecule has 3 fully saturated rings. The lowest BCUT2D eigenvalue weighted by Crippen LogP contribution is -2.51. The van der Waals surface area contributed by atoms with Crippen LogP contribution in [0.3, 0.4) is 0 Å². The summed E-state index contributed by atoms with van der Waals surface area (Å²) in [7, 11) is 0. The molecule has 2 unspecified atom stereocenters. The van der Waals surface area contributed by atoms with Crippen molar-refractivity contribution in [3.8, 4) is 0 Å². The molecule has 5 nitrogen and oxygen atoms in total. The fourth-order valence-corrected chi connectivity index (χ4v) is 7.26. The number of thiophene rings is 1. The third kappa shape index (κ3) is 6.67. The van der Waals surface area contributed by atoms with Gasteiger partial charge >= 0.3 is 0 Å². The standard InChI is InChI=1S/C18H26N2S.C14H17N3.C2H6/c1-18(2,3)8-6-16-13-19-9-10-20(16)15-4-5-17-14(12-15)7-11-21-17;1-2-13-9-15-8-12(1)17(13)11-3-4-14-10(7-11)5-6-16-14;1-2/h4-5,7,11-12,16,19H,6,8-10,13H2,1-3H3;3-7,12-13,15-16H,1-2,8-9H2;1-2H3/t;12-,13?;/m.1./s1. The number of aromatic nitrogens is 1. The van der Waals surface area contributed by atoms with Crippen LogP contribution in [0.2, 0.25) is 0 Å². The lowest BCUT2D eigenvalue weighted by atomic mass is 9.88. The van der Waals surface area contributed by atoms with E-state index in [-0.39, 0.29) is 0 Å². The summed E-state index contributed by atoms with van der Waals surface area (Å²) < 4.78 is 1.39. The molecule has 0 amide bonds. The molecule has 6 heteroatoms. The lowest BCUT2D eigenvalue weighted by Gasteiger charge is -2.39. The molecule has 7 rings (SSSR count). The highest BCUT2D eigenvalue weighted by molar-refractivity contribution is 7.17.